The molecule has 5 nitrogen and oxygen atoms in total. The third kappa shape index (κ3) is 3.47. The van der Waals surface area contributed by atoms with Crippen LogP contribution in [0.25, 0.3) is 0 Å². The van der Waals surface area contributed by atoms with E-state index in [1.54, 1.807) is 0 Å². The van der Waals surface area contributed by atoms with Crippen molar-refractivity contribution in [2.75, 3.05) is 0 Å². The van der Waals surface area contributed by atoms with Crippen molar-refractivity contribution in [3.05, 3.63) is 28.3 Å². The van der Waals surface area contributed by atoms with E-state index in [0.29, 0.717) is 0 Å². The summed E-state index contributed by atoms with van der Waals surface area (Å²) in [5, 5.41) is 9.03. The highest BCUT2D eigenvalue weighted by Gasteiger charge is 2.23. The molecular weight excluding hydrogens is 290 g/mol. The molecule has 1 aromatic carbocycles. The molecule has 7 heteroatoms. The number of carboxylic acids is 1. The summed E-state index contributed by atoms with van der Waals surface area (Å²) in [6, 6.07) is 1.68. The maximum atomic E-state index is 12.1. The summed E-state index contributed by atoms with van der Waals surface area (Å²) in [6.45, 7) is 2.89. The maximum Gasteiger partial charge on any atom is 0.336 e. The third-order valence-electron chi connectivity index (χ3n) is 2.43. The number of carbonyl (C=O) groups is 1. The molecule has 0 spiro atoms. The van der Waals surface area contributed by atoms with Crippen molar-refractivity contribution in [1.29, 1.82) is 0 Å². The van der Waals surface area contributed by atoms with E-state index in [9.17, 15) is 13.2 Å². The summed E-state index contributed by atoms with van der Waals surface area (Å²) in [5.74, 6) is 0.974. The average Bonchev–Trinajstić information content (AvgIpc) is 2.30. The van der Waals surface area contributed by atoms with Crippen LogP contribution in [-0.2, 0) is 10.0 Å². The Hall–Kier alpha value is -1.55. The Labute approximate surface area is 116 Å². The highest BCUT2D eigenvalue weighted by atomic mass is 35.5. The van der Waals surface area contributed by atoms with Gasteiger partial charge in [-0.1, -0.05) is 17.5 Å². The number of hydrogen-bond donors (Lipinski definition) is 2. The molecule has 1 aromatic rings. The number of carboxylic acid groups (broad SMARTS) is 1. The second-order valence-electron chi connectivity index (χ2n) is 3.89. The number of sulfonamides is 1. The lowest BCUT2D eigenvalue weighted by atomic mass is 10.1. The zero-order chi connectivity index (χ0) is 14.8. The fourth-order valence-electron chi connectivity index (χ4n) is 1.49. The lowest BCUT2D eigenvalue weighted by molar-refractivity contribution is 0.0696. The van der Waals surface area contributed by atoms with E-state index in [4.69, 9.17) is 23.1 Å². The number of benzene rings is 1. The second kappa shape index (κ2) is 5.61. The van der Waals surface area contributed by atoms with Crippen LogP contribution in [0.15, 0.2) is 17.0 Å². The van der Waals surface area contributed by atoms with Crippen LogP contribution in [0.1, 0.15) is 22.8 Å². The Morgan fingerprint density at radius 3 is 2.58 bits per heavy atom. The van der Waals surface area contributed by atoms with Crippen molar-refractivity contribution in [2.45, 2.75) is 24.8 Å². The lowest BCUT2D eigenvalue weighted by Crippen LogP contribution is -2.32. The normalized spacial score (nSPS) is 12.7. The van der Waals surface area contributed by atoms with E-state index in [0.717, 1.165) is 0 Å². The Morgan fingerprint density at radius 1 is 1.53 bits per heavy atom. The molecule has 0 aliphatic carbocycles. The monoisotopic (exact) mass is 301 g/mol. The minimum atomic E-state index is -3.92. The Balaban J connectivity index is 3.44. The average molecular weight is 302 g/mol. The van der Waals surface area contributed by atoms with Crippen LogP contribution >= 0.6 is 11.6 Å². The van der Waals surface area contributed by atoms with Gasteiger partial charge in [0.25, 0.3) is 0 Å². The molecule has 0 aliphatic heterocycles. The van der Waals surface area contributed by atoms with Gasteiger partial charge >= 0.3 is 5.97 Å². The zero-order valence-corrected chi connectivity index (χ0v) is 11.8. The first kappa shape index (κ1) is 15.5. The summed E-state index contributed by atoms with van der Waals surface area (Å²) >= 11 is 5.75. The highest BCUT2D eigenvalue weighted by molar-refractivity contribution is 7.89. The topological polar surface area (TPSA) is 83.5 Å². The lowest BCUT2D eigenvalue weighted by Gasteiger charge is -2.13. The van der Waals surface area contributed by atoms with Crippen molar-refractivity contribution in [3.63, 3.8) is 0 Å². The molecule has 1 unspecified atom stereocenters. The molecule has 0 aliphatic rings. The fourth-order valence-corrected chi connectivity index (χ4v) is 3.22. The maximum absolute atomic E-state index is 12.1. The number of rotatable bonds is 4. The van der Waals surface area contributed by atoms with E-state index in [-0.39, 0.29) is 21.0 Å². The molecule has 1 atom stereocenters. The number of terminal acetylenes is 1. The Morgan fingerprint density at radius 2 is 2.11 bits per heavy atom. The van der Waals surface area contributed by atoms with Crippen LogP contribution in [0.4, 0.5) is 0 Å². The summed E-state index contributed by atoms with van der Waals surface area (Å²) in [6.07, 6.45) is 5.11. The minimum Gasteiger partial charge on any atom is -0.478 e. The number of nitrogens with one attached hydrogen (secondary N) is 1. The molecule has 2 N–H and O–H groups in total. The van der Waals surface area contributed by atoms with Crippen molar-refractivity contribution < 1.29 is 18.3 Å². The molecule has 102 valence electrons. The number of aromatic carboxylic acids is 1. The van der Waals surface area contributed by atoms with E-state index >= 15 is 0 Å². The van der Waals surface area contributed by atoms with Crippen molar-refractivity contribution in [1.82, 2.24) is 4.72 Å². The molecule has 0 radical (unpaired) electrons. The fraction of sp³-hybridized carbons (Fsp3) is 0.250. The van der Waals surface area contributed by atoms with Crippen molar-refractivity contribution in [2.24, 2.45) is 0 Å². The van der Waals surface area contributed by atoms with Gasteiger partial charge in [-0.15, -0.1) is 6.42 Å². The molecule has 0 heterocycles. The van der Waals surface area contributed by atoms with E-state index in [1.807, 2.05) is 0 Å². The van der Waals surface area contributed by atoms with Gasteiger partial charge in [0.15, 0.2) is 0 Å². The predicted octanol–water partition coefficient (Wildman–Crippen LogP) is 1.65. The van der Waals surface area contributed by atoms with Crippen molar-refractivity contribution in [3.8, 4) is 12.3 Å². The van der Waals surface area contributed by atoms with Gasteiger partial charge in [-0.05, 0) is 31.5 Å². The molecule has 0 fully saturated rings. The van der Waals surface area contributed by atoms with Gasteiger partial charge in [0.2, 0.25) is 10.0 Å². The first-order valence-corrected chi connectivity index (χ1v) is 7.07. The van der Waals surface area contributed by atoms with Crippen LogP contribution < -0.4 is 4.72 Å². The predicted molar refractivity (Wildman–Crippen MR) is 71.8 cm³/mol. The standard InChI is InChI=1S/C12H12ClNO4S/c1-4-7(2)14-19(17,18)11-6-9(13)5-10(8(11)3)12(15)16/h1,5-7,14H,2-3H3,(H,15,16). The second-order valence-corrected chi connectivity index (χ2v) is 6.01. The van der Waals surface area contributed by atoms with Crippen LogP contribution in [0, 0.1) is 19.3 Å². The zero-order valence-electron chi connectivity index (χ0n) is 10.3. The van der Waals surface area contributed by atoms with Crippen LogP contribution in [0.2, 0.25) is 5.02 Å². The van der Waals surface area contributed by atoms with Gasteiger partial charge in [-0.25, -0.2) is 13.2 Å². The Bertz CT molecular complexity index is 661. The molecular formula is C12H12ClNO4S. The molecule has 0 aromatic heterocycles. The molecule has 0 bridgehead atoms. The molecule has 1 rings (SSSR count). The highest BCUT2D eigenvalue weighted by Crippen LogP contribution is 2.24. The quantitative estimate of drug-likeness (QED) is 0.828. The summed E-state index contributed by atoms with van der Waals surface area (Å²) < 4.78 is 26.4. The van der Waals surface area contributed by atoms with Crippen LogP contribution in [0.3, 0.4) is 0 Å². The Kier molecular flexibility index (Phi) is 4.58. The minimum absolute atomic E-state index is 0.0248. The van der Waals surface area contributed by atoms with Crippen molar-refractivity contribution >= 4 is 27.6 Å². The summed E-state index contributed by atoms with van der Waals surface area (Å²) in [4.78, 5) is 10.8. The van der Waals surface area contributed by atoms with E-state index in [1.165, 1.54) is 26.0 Å². The molecule has 0 saturated heterocycles. The van der Waals surface area contributed by atoms with Gasteiger partial charge in [0, 0.05) is 5.02 Å². The van der Waals surface area contributed by atoms with Gasteiger partial charge in [-0.3, -0.25) is 0 Å². The van der Waals surface area contributed by atoms with E-state index < -0.39 is 22.0 Å². The SMILES string of the molecule is C#CC(C)NS(=O)(=O)c1cc(Cl)cc(C(=O)O)c1C. The number of halogens is 1. The summed E-state index contributed by atoms with van der Waals surface area (Å²) in [5.41, 5.74) is -0.0603. The van der Waals surface area contributed by atoms with Gasteiger partial charge in [0.05, 0.1) is 16.5 Å². The number of hydrogen-bond acceptors (Lipinski definition) is 3. The van der Waals surface area contributed by atoms with Crippen LogP contribution in [-0.4, -0.2) is 25.5 Å². The first-order valence-electron chi connectivity index (χ1n) is 5.21. The third-order valence-corrected chi connectivity index (χ3v) is 4.31. The smallest absolute Gasteiger partial charge is 0.336 e. The summed E-state index contributed by atoms with van der Waals surface area (Å²) in [7, 11) is -3.92. The van der Waals surface area contributed by atoms with Gasteiger partial charge in [-0.2, -0.15) is 4.72 Å². The van der Waals surface area contributed by atoms with Gasteiger partial charge < -0.3 is 5.11 Å². The largest absolute Gasteiger partial charge is 0.478 e. The molecule has 0 amide bonds. The molecule has 0 saturated carbocycles. The van der Waals surface area contributed by atoms with Gasteiger partial charge in [0.1, 0.15) is 0 Å². The molecule has 19 heavy (non-hydrogen) atoms. The van der Waals surface area contributed by atoms with E-state index in [2.05, 4.69) is 10.6 Å². The first-order chi connectivity index (χ1) is 8.69. The van der Waals surface area contributed by atoms with Crippen LogP contribution in [0.5, 0.6) is 0 Å².